The average molecular weight is 388 g/mol. The minimum Gasteiger partial charge on any atom is -0.435 e. The van der Waals surface area contributed by atoms with Crippen LogP contribution in [0.1, 0.15) is 24.2 Å². The van der Waals surface area contributed by atoms with Gasteiger partial charge in [0.05, 0.1) is 0 Å². The molecule has 0 bridgehead atoms. The second-order valence-electron chi connectivity index (χ2n) is 6.87. The zero-order valence-corrected chi connectivity index (χ0v) is 15.8. The predicted octanol–water partition coefficient (Wildman–Crippen LogP) is 2.92. The van der Waals surface area contributed by atoms with Gasteiger partial charge in [0.1, 0.15) is 17.9 Å². The summed E-state index contributed by atoms with van der Waals surface area (Å²) < 4.78 is 30.8. The van der Waals surface area contributed by atoms with Gasteiger partial charge in [-0.25, -0.2) is 4.98 Å². The number of rotatable bonds is 5. The lowest BCUT2D eigenvalue weighted by atomic mass is 10.1. The van der Waals surface area contributed by atoms with Gasteiger partial charge >= 0.3 is 6.61 Å². The Morgan fingerprint density at radius 2 is 1.79 bits per heavy atom. The number of alkyl halides is 2. The van der Waals surface area contributed by atoms with Crippen molar-refractivity contribution in [3.05, 3.63) is 47.9 Å². The van der Waals surface area contributed by atoms with E-state index in [1.54, 1.807) is 16.6 Å². The summed E-state index contributed by atoms with van der Waals surface area (Å²) in [5.74, 6) is 1.79. The monoisotopic (exact) mass is 388 g/mol. The van der Waals surface area contributed by atoms with E-state index < -0.39 is 6.61 Å². The van der Waals surface area contributed by atoms with E-state index in [1.807, 2.05) is 25.1 Å². The standard InChI is InChI=1S/C19H22F2N6O/c1-13-11-17(27-19(24-13)22-12-23-27)26-9-7-25(8-10-26)14(2)15-3-5-16(6-4-15)28-18(20)21/h3-6,11-12,14,18H,7-10H2,1-2H3. The highest BCUT2D eigenvalue weighted by molar-refractivity contribution is 5.47. The fourth-order valence-corrected chi connectivity index (χ4v) is 3.61. The molecule has 3 aromatic rings. The lowest BCUT2D eigenvalue weighted by molar-refractivity contribution is -0.0498. The summed E-state index contributed by atoms with van der Waals surface area (Å²) in [7, 11) is 0. The molecule has 1 fully saturated rings. The number of aromatic nitrogens is 4. The summed E-state index contributed by atoms with van der Waals surface area (Å²) >= 11 is 0. The first-order valence-electron chi connectivity index (χ1n) is 9.22. The molecule has 4 rings (SSSR count). The van der Waals surface area contributed by atoms with Crippen LogP contribution in [-0.4, -0.2) is 57.3 Å². The molecule has 0 N–H and O–H groups in total. The van der Waals surface area contributed by atoms with Crippen molar-refractivity contribution in [3.63, 3.8) is 0 Å². The van der Waals surface area contributed by atoms with E-state index in [-0.39, 0.29) is 11.8 Å². The van der Waals surface area contributed by atoms with Crippen LogP contribution in [0.2, 0.25) is 0 Å². The van der Waals surface area contributed by atoms with E-state index in [9.17, 15) is 8.78 Å². The maximum Gasteiger partial charge on any atom is 0.387 e. The lowest BCUT2D eigenvalue weighted by Gasteiger charge is -2.39. The van der Waals surface area contributed by atoms with Crippen molar-refractivity contribution in [1.82, 2.24) is 24.5 Å². The van der Waals surface area contributed by atoms with E-state index in [2.05, 4.69) is 36.5 Å². The summed E-state index contributed by atoms with van der Waals surface area (Å²) in [4.78, 5) is 13.3. The maximum atomic E-state index is 12.3. The summed E-state index contributed by atoms with van der Waals surface area (Å²) in [6.07, 6.45) is 1.52. The molecule has 1 saturated heterocycles. The fourth-order valence-electron chi connectivity index (χ4n) is 3.61. The second kappa shape index (κ2) is 7.67. The van der Waals surface area contributed by atoms with E-state index in [1.165, 1.54) is 6.33 Å². The Labute approximate surface area is 161 Å². The molecule has 2 aromatic heterocycles. The molecular formula is C19H22F2N6O. The number of benzene rings is 1. The molecule has 3 heterocycles. The number of nitrogens with zero attached hydrogens (tertiary/aromatic N) is 6. The summed E-state index contributed by atoms with van der Waals surface area (Å²) in [5, 5.41) is 4.29. The van der Waals surface area contributed by atoms with Crippen LogP contribution in [0, 0.1) is 6.92 Å². The van der Waals surface area contributed by atoms with Crippen molar-refractivity contribution in [1.29, 1.82) is 0 Å². The SMILES string of the molecule is Cc1cc(N2CCN(C(C)c3ccc(OC(F)F)cc3)CC2)n2ncnc2n1. The van der Waals surface area contributed by atoms with E-state index in [4.69, 9.17) is 0 Å². The number of piperazine rings is 1. The van der Waals surface area contributed by atoms with Crippen LogP contribution in [0.15, 0.2) is 36.7 Å². The minimum atomic E-state index is -2.80. The summed E-state index contributed by atoms with van der Waals surface area (Å²) in [6.45, 7) is 4.76. The average Bonchev–Trinajstić information content (AvgIpc) is 3.15. The van der Waals surface area contributed by atoms with Crippen LogP contribution >= 0.6 is 0 Å². The second-order valence-corrected chi connectivity index (χ2v) is 6.87. The van der Waals surface area contributed by atoms with Crippen molar-refractivity contribution >= 4 is 11.6 Å². The number of anilines is 1. The van der Waals surface area contributed by atoms with Crippen LogP contribution in [0.4, 0.5) is 14.6 Å². The Hall–Kier alpha value is -2.81. The van der Waals surface area contributed by atoms with Crippen molar-refractivity contribution in [2.24, 2.45) is 0 Å². The van der Waals surface area contributed by atoms with Gasteiger partial charge in [-0.3, -0.25) is 4.90 Å². The van der Waals surface area contributed by atoms with Gasteiger partial charge in [0, 0.05) is 44.0 Å². The number of halogens is 2. The Morgan fingerprint density at radius 1 is 1.07 bits per heavy atom. The highest BCUT2D eigenvalue weighted by atomic mass is 19.3. The van der Waals surface area contributed by atoms with Gasteiger partial charge in [-0.1, -0.05) is 12.1 Å². The molecule has 0 radical (unpaired) electrons. The molecule has 1 atom stereocenters. The Balaban J connectivity index is 1.42. The molecule has 1 aliphatic rings. The lowest BCUT2D eigenvalue weighted by Crippen LogP contribution is -2.47. The Bertz CT molecular complexity index is 937. The number of ether oxygens (including phenoxy) is 1. The smallest absolute Gasteiger partial charge is 0.387 e. The van der Waals surface area contributed by atoms with Gasteiger partial charge in [0.2, 0.25) is 0 Å². The number of fused-ring (bicyclic) bond motifs is 1. The molecule has 7 nitrogen and oxygen atoms in total. The number of hydrogen-bond acceptors (Lipinski definition) is 6. The molecule has 148 valence electrons. The van der Waals surface area contributed by atoms with Crippen LogP contribution in [0.3, 0.4) is 0 Å². The van der Waals surface area contributed by atoms with Crippen LogP contribution in [-0.2, 0) is 0 Å². The predicted molar refractivity (Wildman–Crippen MR) is 101 cm³/mol. The molecule has 28 heavy (non-hydrogen) atoms. The van der Waals surface area contributed by atoms with Crippen molar-refractivity contribution in [2.75, 3.05) is 31.1 Å². The van der Waals surface area contributed by atoms with E-state index >= 15 is 0 Å². The normalized spacial score (nSPS) is 16.7. The molecule has 1 unspecified atom stereocenters. The molecule has 0 spiro atoms. The van der Waals surface area contributed by atoms with Crippen LogP contribution < -0.4 is 9.64 Å². The minimum absolute atomic E-state index is 0.181. The van der Waals surface area contributed by atoms with Gasteiger partial charge in [0.15, 0.2) is 0 Å². The van der Waals surface area contributed by atoms with E-state index in [0.29, 0.717) is 5.78 Å². The molecule has 9 heteroatoms. The molecule has 0 aliphatic carbocycles. The maximum absolute atomic E-state index is 12.3. The van der Waals surface area contributed by atoms with Crippen LogP contribution in [0.5, 0.6) is 5.75 Å². The quantitative estimate of drug-likeness (QED) is 0.670. The van der Waals surface area contributed by atoms with E-state index in [0.717, 1.165) is 43.3 Å². The van der Waals surface area contributed by atoms with Crippen molar-refractivity contribution in [2.45, 2.75) is 26.5 Å². The Morgan fingerprint density at radius 3 is 2.46 bits per heavy atom. The third kappa shape index (κ3) is 3.75. The van der Waals surface area contributed by atoms with Crippen molar-refractivity contribution < 1.29 is 13.5 Å². The van der Waals surface area contributed by atoms with Gasteiger partial charge < -0.3 is 9.64 Å². The highest BCUT2D eigenvalue weighted by Crippen LogP contribution is 2.26. The zero-order chi connectivity index (χ0) is 19.7. The molecule has 1 aliphatic heterocycles. The number of hydrogen-bond donors (Lipinski definition) is 0. The molecule has 0 saturated carbocycles. The number of aryl methyl sites for hydroxylation is 1. The van der Waals surface area contributed by atoms with Crippen LogP contribution in [0.25, 0.3) is 5.78 Å². The fraction of sp³-hybridized carbons (Fsp3) is 0.421. The van der Waals surface area contributed by atoms with Gasteiger partial charge in [-0.05, 0) is 31.5 Å². The van der Waals surface area contributed by atoms with Gasteiger partial charge in [-0.2, -0.15) is 23.4 Å². The first kappa shape index (κ1) is 18.5. The zero-order valence-electron chi connectivity index (χ0n) is 15.8. The molecular weight excluding hydrogens is 366 g/mol. The largest absolute Gasteiger partial charge is 0.435 e. The highest BCUT2D eigenvalue weighted by Gasteiger charge is 2.24. The summed E-state index contributed by atoms with van der Waals surface area (Å²) in [5.41, 5.74) is 1.99. The first-order valence-corrected chi connectivity index (χ1v) is 9.22. The van der Waals surface area contributed by atoms with Gasteiger partial charge in [-0.15, -0.1) is 0 Å². The Kier molecular flexibility index (Phi) is 5.08. The van der Waals surface area contributed by atoms with Gasteiger partial charge in [0.25, 0.3) is 5.78 Å². The third-order valence-electron chi connectivity index (χ3n) is 5.13. The summed E-state index contributed by atoms with van der Waals surface area (Å²) in [6, 6.07) is 9.10. The topological polar surface area (TPSA) is 58.8 Å². The van der Waals surface area contributed by atoms with Crippen molar-refractivity contribution in [3.8, 4) is 5.75 Å². The molecule has 0 amide bonds. The third-order valence-corrected chi connectivity index (χ3v) is 5.13. The first-order chi connectivity index (χ1) is 13.5. The molecule has 1 aromatic carbocycles.